The van der Waals surface area contributed by atoms with E-state index in [0.717, 1.165) is 37.2 Å². The summed E-state index contributed by atoms with van der Waals surface area (Å²) in [5, 5.41) is 20.3. The first kappa shape index (κ1) is 16.7. The Hall–Kier alpha value is -3.49. The van der Waals surface area contributed by atoms with Crippen molar-refractivity contribution in [2.75, 3.05) is 18.0 Å². The molecule has 4 heterocycles. The van der Waals surface area contributed by atoms with Crippen LogP contribution in [0, 0.1) is 0 Å². The van der Waals surface area contributed by atoms with Gasteiger partial charge in [-0.3, -0.25) is 5.10 Å². The molecular weight excluding hydrogens is 356 g/mol. The minimum atomic E-state index is -0.339. The minimum absolute atomic E-state index is 0.339. The molecule has 1 saturated heterocycles. The largest absolute Gasteiger partial charge is 0.464 e. The summed E-state index contributed by atoms with van der Waals surface area (Å²) in [5.41, 5.74) is 2.57. The number of nitrogens with one attached hydrogen (secondary N) is 1. The number of hydrogen-bond donors (Lipinski definition) is 1. The van der Waals surface area contributed by atoms with Crippen LogP contribution in [0.25, 0.3) is 17.0 Å². The quantitative estimate of drug-likeness (QED) is 0.572. The molecule has 1 aromatic carbocycles. The van der Waals surface area contributed by atoms with E-state index in [2.05, 4.69) is 30.3 Å². The van der Waals surface area contributed by atoms with Crippen LogP contribution in [0.15, 0.2) is 42.7 Å². The summed E-state index contributed by atoms with van der Waals surface area (Å²) in [4.78, 5) is 6.47. The van der Waals surface area contributed by atoms with Crippen molar-refractivity contribution in [1.29, 1.82) is 0 Å². The molecule has 0 spiro atoms. The lowest BCUT2D eigenvalue weighted by molar-refractivity contribution is 0.205. The number of ether oxygens (including phenoxy) is 1. The van der Waals surface area contributed by atoms with Crippen molar-refractivity contribution < 1.29 is 4.74 Å². The number of nitrogens with zero attached hydrogens (tertiary/aromatic N) is 7. The summed E-state index contributed by atoms with van der Waals surface area (Å²) in [6.07, 6.45) is 3.52. The Morgan fingerprint density at radius 3 is 2.68 bits per heavy atom. The third-order valence-electron chi connectivity index (χ3n) is 4.90. The first-order valence-electron chi connectivity index (χ1n) is 9.39. The highest BCUT2D eigenvalue weighted by Gasteiger charge is 2.23. The minimum Gasteiger partial charge on any atom is -0.464 e. The molecule has 0 aliphatic carbocycles. The van der Waals surface area contributed by atoms with Gasteiger partial charge in [-0.25, -0.2) is 4.98 Å². The van der Waals surface area contributed by atoms with Gasteiger partial charge in [0.2, 0.25) is 0 Å². The molecule has 1 unspecified atom stereocenters. The van der Waals surface area contributed by atoms with Crippen LogP contribution in [0.1, 0.15) is 31.7 Å². The molecule has 1 fully saturated rings. The van der Waals surface area contributed by atoms with Gasteiger partial charge in [0, 0.05) is 24.7 Å². The van der Waals surface area contributed by atoms with Crippen LogP contribution < -0.4 is 9.64 Å². The molecule has 3 aromatic heterocycles. The molecule has 0 radical (unpaired) electrons. The van der Waals surface area contributed by atoms with E-state index < -0.39 is 0 Å². The van der Waals surface area contributed by atoms with Gasteiger partial charge in [-0.15, -0.1) is 15.3 Å². The first-order valence-corrected chi connectivity index (χ1v) is 9.39. The Bertz CT molecular complexity index is 1070. The zero-order valence-corrected chi connectivity index (χ0v) is 15.5. The van der Waals surface area contributed by atoms with E-state index in [1.54, 1.807) is 10.8 Å². The molecule has 0 bridgehead atoms. The third-order valence-corrected chi connectivity index (χ3v) is 4.90. The number of rotatable bonds is 5. The molecular formula is C19H20N8O. The molecule has 1 aliphatic rings. The van der Waals surface area contributed by atoms with Crippen molar-refractivity contribution in [1.82, 2.24) is 35.0 Å². The molecule has 1 N–H and O–H groups in total. The molecule has 5 rings (SSSR count). The van der Waals surface area contributed by atoms with Gasteiger partial charge >= 0.3 is 0 Å². The lowest BCUT2D eigenvalue weighted by atomic mass is 10.2. The number of anilines is 1. The summed E-state index contributed by atoms with van der Waals surface area (Å²) < 4.78 is 7.93. The number of aromatic nitrogens is 7. The summed E-state index contributed by atoms with van der Waals surface area (Å²) >= 11 is 0. The van der Waals surface area contributed by atoms with Crippen LogP contribution in [-0.4, -0.2) is 48.1 Å². The van der Waals surface area contributed by atoms with Crippen molar-refractivity contribution in [2.24, 2.45) is 0 Å². The standard InChI is InChI=1S/C19H20N8O/c1-13(17-20-12-21-23-17)28-19-15(26-9-5-6-10-26)11-16-22-24-18(27(16)25-19)14-7-3-2-4-8-14/h2-4,7-8,11-13H,5-6,9-10H2,1H3,(H,20,21,23). The van der Waals surface area contributed by atoms with Crippen LogP contribution >= 0.6 is 0 Å². The highest BCUT2D eigenvalue weighted by Crippen LogP contribution is 2.33. The maximum atomic E-state index is 6.20. The number of aromatic amines is 1. The van der Waals surface area contributed by atoms with Crippen molar-refractivity contribution in [3.05, 3.63) is 48.5 Å². The van der Waals surface area contributed by atoms with Crippen LogP contribution in [0.3, 0.4) is 0 Å². The van der Waals surface area contributed by atoms with Crippen LogP contribution in [0.4, 0.5) is 5.69 Å². The number of fused-ring (bicyclic) bond motifs is 1. The number of H-pyrrole nitrogens is 1. The van der Waals surface area contributed by atoms with Crippen LogP contribution in [0.5, 0.6) is 5.88 Å². The van der Waals surface area contributed by atoms with Crippen molar-refractivity contribution in [3.63, 3.8) is 0 Å². The van der Waals surface area contributed by atoms with E-state index >= 15 is 0 Å². The predicted molar refractivity (Wildman–Crippen MR) is 103 cm³/mol. The van der Waals surface area contributed by atoms with E-state index in [4.69, 9.17) is 9.84 Å². The lowest BCUT2D eigenvalue weighted by Gasteiger charge is -2.22. The Morgan fingerprint density at radius 2 is 1.93 bits per heavy atom. The van der Waals surface area contributed by atoms with E-state index in [1.165, 1.54) is 0 Å². The van der Waals surface area contributed by atoms with Gasteiger partial charge in [-0.05, 0) is 19.8 Å². The fourth-order valence-electron chi connectivity index (χ4n) is 3.48. The summed E-state index contributed by atoms with van der Waals surface area (Å²) in [6.45, 7) is 3.86. The van der Waals surface area contributed by atoms with Crippen LogP contribution in [-0.2, 0) is 0 Å². The van der Waals surface area contributed by atoms with Gasteiger partial charge < -0.3 is 9.64 Å². The Morgan fingerprint density at radius 1 is 1.11 bits per heavy atom. The summed E-state index contributed by atoms with van der Waals surface area (Å²) in [6, 6.07) is 11.9. The first-order chi connectivity index (χ1) is 13.8. The fraction of sp³-hybridized carbons (Fsp3) is 0.316. The maximum absolute atomic E-state index is 6.20. The van der Waals surface area contributed by atoms with Gasteiger partial charge in [0.15, 0.2) is 23.4 Å². The molecule has 0 amide bonds. The average Bonchev–Trinajstić information content (AvgIpc) is 3.49. The van der Waals surface area contributed by atoms with Crippen molar-refractivity contribution >= 4 is 11.3 Å². The van der Waals surface area contributed by atoms with E-state index in [1.807, 2.05) is 43.3 Å². The van der Waals surface area contributed by atoms with Gasteiger partial charge in [0.1, 0.15) is 12.0 Å². The fourth-order valence-corrected chi connectivity index (χ4v) is 3.48. The Labute approximate surface area is 161 Å². The van der Waals surface area contributed by atoms with Gasteiger partial charge in [-0.1, -0.05) is 30.3 Å². The molecule has 0 saturated carbocycles. The van der Waals surface area contributed by atoms with E-state index in [0.29, 0.717) is 23.2 Å². The van der Waals surface area contributed by atoms with Crippen molar-refractivity contribution in [2.45, 2.75) is 25.9 Å². The van der Waals surface area contributed by atoms with Gasteiger partial charge in [0.05, 0.1) is 0 Å². The van der Waals surface area contributed by atoms with Gasteiger partial charge in [-0.2, -0.15) is 9.61 Å². The molecule has 4 aromatic rings. The second kappa shape index (κ2) is 6.91. The molecule has 142 valence electrons. The van der Waals surface area contributed by atoms with E-state index in [-0.39, 0.29) is 6.10 Å². The molecule has 28 heavy (non-hydrogen) atoms. The van der Waals surface area contributed by atoms with Crippen molar-refractivity contribution in [3.8, 4) is 17.3 Å². The highest BCUT2D eigenvalue weighted by molar-refractivity contribution is 5.65. The molecule has 9 nitrogen and oxygen atoms in total. The summed E-state index contributed by atoms with van der Waals surface area (Å²) in [7, 11) is 0. The van der Waals surface area contributed by atoms with E-state index in [9.17, 15) is 0 Å². The topological polar surface area (TPSA) is 97.1 Å². The number of benzene rings is 1. The molecule has 9 heteroatoms. The Kier molecular flexibility index (Phi) is 4.12. The predicted octanol–water partition coefficient (Wildman–Crippen LogP) is 2.65. The third kappa shape index (κ3) is 2.94. The van der Waals surface area contributed by atoms with Gasteiger partial charge in [0.25, 0.3) is 5.88 Å². The maximum Gasteiger partial charge on any atom is 0.256 e. The monoisotopic (exact) mass is 376 g/mol. The second-order valence-electron chi connectivity index (χ2n) is 6.81. The molecule has 1 atom stereocenters. The number of hydrogen-bond acceptors (Lipinski definition) is 7. The average molecular weight is 376 g/mol. The highest BCUT2D eigenvalue weighted by atomic mass is 16.5. The smallest absolute Gasteiger partial charge is 0.256 e. The zero-order valence-electron chi connectivity index (χ0n) is 15.5. The normalized spacial score (nSPS) is 15.2. The zero-order chi connectivity index (χ0) is 18.9. The lowest BCUT2D eigenvalue weighted by Crippen LogP contribution is -2.20. The second-order valence-corrected chi connectivity index (χ2v) is 6.81. The molecule has 1 aliphatic heterocycles. The Balaban J connectivity index is 1.61. The summed E-state index contributed by atoms with van der Waals surface area (Å²) in [5.74, 6) is 1.80. The van der Waals surface area contributed by atoms with Crippen LogP contribution in [0.2, 0.25) is 0 Å². The SMILES string of the molecule is CC(Oc1nn2c(-c3ccccc3)nnc2cc1N1CCCC1)c1nc[nH]n1.